The molecule has 0 unspecified atom stereocenters. The Morgan fingerprint density at radius 1 is 1.22 bits per heavy atom. The minimum Gasteiger partial charge on any atom is -0.423 e. The molecule has 0 fully saturated rings. The summed E-state index contributed by atoms with van der Waals surface area (Å²) < 4.78 is 6.07. The summed E-state index contributed by atoms with van der Waals surface area (Å²) in [5.41, 5.74) is 0.731. The number of para-hydroxylation sites is 1. The molecule has 2 aromatic carbocycles. The first-order valence-corrected chi connectivity index (χ1v) is 7.43. The lowest BCUT2D eigenvalue weighted by Crippen LogP contribution is -2.03. The van der Waals surface area contributed by atoms with Gasteiger partial charge >= 0.3 is 5.97 Å². The minimum atomic E-state index is -0.621. The highest BCUT2D eigenvalue weighted by Gasteiger charge is 2.08. The number of nitro groups is 1. The van der Waals surface area contributed by atoms with Gasteiger partial charge in [0.15, 0.2) is 0 Å². The van der Waals surface area contributed by atoms with Gasteiger partial charge in [-0.05, 0) is 24.3 Å². The van der Waals surface area contributed by atoms with Crippen LogP contribution in [0.25, 0.3) is 16.3 Å². The normalized spacial score (nSPS) is 11.0. The standard InChI is InChI=1S/C16H10N2O4S/c19-16(22-12-5-3-4-11(10-12)18(20)21)9-8-15-17-13-6-1-2-7-14(13)23-15/h1-10H/b9-8+. The third-order valence-corrected chi connectivity index (χ3v) is 3.92. The number of rotatable bonds is 4. The molecule has 114 valence electrons. The number of nitrogens with zero attached hydrogens (tertiary/aromatic N) is 2. The van der Waals surface area contributed by atoms with E-state index >= 15 is 0 Å². The molecule has 0 radical (unpaired) electrons. The van der Waals surface area contributed by atoms with Crippen molar-refractivity contribution in [1.29, 1.82) is 0 Å². The van der Waals surface area contributed by atoms with E-state index in [2.05, 4.69) is 4.98 Å². The molecule has 3 aromatic rings. The zero-order valence-corrected chi connectivity index (χ0v) is 12.5. The van der Waals surface area contributed by atoms with Crippen molar-refractivity contribution < 1.29 is 14.5 Å². The van der Waals surface area contributed by atoms with Crippen LogP contribution in [0, 0.1) is 10.1 Å². The smallest absolute Gasteiger partial charge is 0.336 e. The topological polar surface area (TPSA) is 82.3 Å². The second-order valence-corrected chi connectivity index (χ2v) is 5.59. The third kappa shape index (κ3) is 3.58. The van der Waals surface area contributed by atoms with E-state index in [9.17, 15) is 14.9 Å². The van der Waals surface area contributed by atoms with Crippen LogP contribution >= 0.6 is 11.3 Å². The Labute approximate surface area is 134 Å². The first-order chi connectivity index (χ1) is 11.1. The molecule has 0 aliphatic heterocycles. The van der Waals surface area contributed by atoms with Crippen LogP contribution in [-0.4, -0.2) is 15.9 Å². The SMILES string of the molecule is O=C(/C=C/c1nc2ccccc2s1)Oc1cccc([N+](=O)[O-])c1. The predicted octanol–water partition coefficient (Wildman–Crippen LogP) is 3.82. The van der Waals surface area contributed by atoms with Crippen LogP contribution in [0.2, 0.25) is 0 Å². The summed E-state index contributed by atoms with van der Waals surface area (Å²) in [5.74, 6) is -0.497. The monoisotopic (exact) mass is 326 g/mol. The Morgan fingerprint density at radius 3 is 2.83 bits per heavy atom. The van der Waals surface area contributed by atoms with Crippen molar-refractivity contribution >= 4 is 39.3 Å². The maximum Gasteiger partial charge on any atom is 0.336 e. The molecule has 6 nitrogen and oxygen atoms in total. The van der Waals surface area contributed by atoms with Gasteiger partial charge < -0.3 is 4.74 Å². The zero-order chi connectivity index (χ0) is 16.2. The summed E-state index contributed by atoms with van der Waals surface area (Å²) in [5, 5.41) is 11.4. The van der Waals surface area contributed by atoms with Gasteiger partial charge in [-0.2, -0.15) is 0 Å². The Morgan fingerprint density at radius 2 is 2.04 bits per heavy atom. The number of carbonyl (C=O) groups excluding carboxylic acids is 1. The van der Waals surface area contributed by atoms with Gasteiger partial charge in [0.25, 0.3) is 5.69 Å². The molecule has 0 saturated carbocycles. The van der Waals surface area contributed by atoms with E-state index in [0.29, 0.717) is 5.01 Å². The molecule has 0 saturated heterocycles. The summed E-state index contributed by atoms with van der Waals surface area (Å²) in [4.78, 5) is 26.3. The van der Waals surface area contributed by atoms with Gasteiger partial charge in [-0.3, -0.25) is 10.1 Å². The number of esters is 1. The van der Waals surface area contributed by atoms with Gasteiger partial charge in [0.05, 0.1) is 21.2 Å². The predicted molar refractivity (Wildman–Crippen MR) is 87.4 cm³/mol. The average molecular weight is 326 g/mol. The quantitative estimate of drug-likeness (QED) is 0.239. The van der Waals surface area contributed by atoms with Crippen LogP contribution in [0.3, 0.4) is 0 Å². The van der Waals surface area contributed by atoms with Crippen LogP contribution in [0.5, 0.6) is 5.75 Å². The van der Waals surface area contributed by atoms with Crippen LogP contribution in [-0.2, 0) is 4.79 Å². The molecule has 0 amide bonds. The molecule has 0 aliphatic carbocycles. The summed E-state index contributed by atoms with van der Waals surface area (Å²) >= 11 is 1.46. The second kappa shape index (κ2) is 6.37. The first-order valence-electron chi connectivity index (χ1n) is 6.62. The zero-order valence-electron chi connectivity index (χ0n) is 11.7. The summed E-state index contributed by atoms with van der Waals surface area (Å²) in [6, 6.07) is 13.1. The fourth-order valence-corrected chi connectivity index (χ4v) is 2.78. The molecule has 1 heterocycles. The van der Waals surface area contributed by atoms with Crippen molar-refractivity contribution in [2.75, 3.05) is 0 Å². The third-order valence-electron chi connectivity index (χ3n) is 2.92. The molecular weight excluding hydrogens is 316 g/mol. The van der Waals surface area contributed by atoms with Crippen molar-refractivity contribution in [3.8, 4) is 5.75 Å². The van der Waals surface area contributed by atoms with E-state index in [0.717, 1.165) is 10.2 Å². The Balaban J connectivity index is 1.71. The number of carbonyl (C=O) groups is 1. The van der Waals surface area contributed by atoms with Crippen LogP contribution in [0.4, 0.5) is 5.69 Å². The fraction of sp³-hybridized carbons (Fsp3) is 0. The first kappa shape index (κ1) is 14.9. The lowest BCUT2D eigenvalue weighted by Gasteiger charge is -2.00. The molecule has 0 aliphatic rings. The summed E-state index contributed by atoms with van der Waals surface area (Å²) in [6.07, 6.45) is 2.81. The maximum atomic E-state index is 11.8. The Hall–Kier alpha value is -3.06. The fourth-order valence-electron chi connectivity index (χ4n) is 1.91. The van der Waals surface area contributed by atoms with Crippen molar-refractivity contribution in [1.82, 2.24) is 4.98 Å². The number of non-ortho nitro benzene ring substituents is 1. The summed E-state index contributed by atoms with van der Waals surface area (Å²) in [6.45, 7) is 0. The number of ether oxygens (including phenoxy) is 1. The van der Waals surface area contributed by atoms with E-state index in [1.165, 1.54) is 41.7 Å². The molecule has 0 N–H and O–H groups in total. The van der Waals surface area contributed by atoms with Crippen molar-refractivity contribution in [3.63, 3.8) is 0 Å². The Kier molecular flexibility index (Phi) is 4.11. The number of aromatic nitrogens is 1. The van der Waals surface area contributed by atoms with Gasteiger partial charge in [0, 0.05) is 12.1 Å². The van der Waals surface area contributed by atoms with Gasteiger partial charge in [-0.15, -0.1) is 11.3 Å². The van der Waals surface area contributed by atoms with E-state index in [-0.39, 0.29) is 11.4 Å². The average Bonchev–Trinajstić information content (AvgIpc) is 2.96. The number of benzene rings is 2. The van der Waals surface area contributed by atoms with E-state index < -0.39 is 10.9 Å². The lowest BCUT2D eigenvalue weighted by atomic mass is 10.3. The molecule has 1 aromatic heterocycles. The maximum absolute atomic E-state index is 11.8. The van der Waals surface area contributed by atoms with E-state index in [1.807, 2.05) is 24.3 Å². The van der Waals surface area contributed by atoms with Crippen LogP contribution < -0.4 is 4.74 Å². The molecule has 0 bridgehead atoms. The number of fused-ring (bicyclic) bond motifs is 1. The van der Waals surface area contributed by atoms with Gasteiger partial charge in [-0.25, -0.2) is 9.78 Å². The second-order valence-electron chi connectivity index (χ2n) is 4.53. The highest BCUT2D eigenvalue weighted by molar-refractivity contribution is 7.19. The van der Waals surface area contributed by atoms with E-state index in [4.69, 9.17) is 4.74 Å². The largest absolute Gasteiger partial charge is 0.423 e. The van der Waals surface area contributed by atoms with E-state index in [1.54, 1.807) is 6.08 Å². The van der Waals surface area contributed by atoms with Gasteiger partial charge in [-0.1, -0.05) is 18.2 Å². The van der Waals surface area contributed by atoms with Crippen molar-refractivity contribution in [2.24, 2.45) is 0 Å². The Bertz CT molecular complexity index is 884. The molecular formula is C16H10N2O4S. The number of hydrogen-bond donors (Lipinski definition) is 0. The van der Waals surface area contributed by atoms with Crippen LogP contribution in [0.15, 0.2) is 54.6 Å². The highest BCUT2D eigenvalue weighted by Crippen LogP contribution is 2.23. The molecule has 0 spiro atoms. The van der Waals surface area contributed by atoms with Gasteiger partial charge in [0.2, 0.25) is 0 Å². The van der Waals surface area contributed by atoms with Gasteiger partial charge in [0.1, 0.15) is 10.8 Å². The summed E-state index contributed by atoms with van der Waals surface area (Å²) in [7, 11) is 0. The van der Waals surface area contributed by atoms with Crippen molar-refractivity contribution in [2.45, 2.75) is 0 Å². The number of hydrogen-bond acceptors (Lipinski definition) is 6. The number of thiazole rings is 1. The molecule has 23 heavy (non-hydrogen) atoms. The highest BCUT2D eigenvalue weighted by atomic mass is 32.1. The minimum absolute atomic E-state index is 0.123. The molecule has 0 atom stereocenters. The number of nitro benzene ring substituents is 1. The molecule has 3 rings (SSSR count). The lowest BCUT2D eigenvalue weighted by molar-refractivity contribution is -0.384. The van der Waals surface area contributed by atoms with Crippen LogP contribution in [0.1, 0.15) is 5.01 Å². The van der Waals surface area contributed by atoms with Crippen molar-refractivity contribution in [3.05, 3.63) is 69.7 Å². The molecule has 7 heteroatoms.